The van der Waals surface area contributed by atoms with Crippen LogP contribution in [0.4, 0.5) is 5.69 Å². The van der Waals surface area contributed by atoms with E-state index >= 15 is 0 Å². The summed E-state index contributed by atoms with van der Waals surface area (Å²) in [6, 6.07) is 12.0. The lowest BCUT2D eigenvalue weighted by Crippen LogP contribution is -2.16. The Morgan fingerprint density at radius 1 is 1.20 bits per heavy atom. The number of carbonyl (C=O) groups excluding carboxylic acids is 1. The highest BCUT2D eigenvalue weighted by atomic mass is 32.1. The molecule has 0 fully saturated rings. The van der Waals surface area contributed by atoms with Gasteiger partial charge in [0.1, 0.15) is 0 Å². The largest absolute Gasteiger partial charge is 0.318 e. The molecule has 0 bridgehead atoms. The van der Waals surface area contributed by atoms with Gasteiger partial charge in [-0.15, -0.1) is 11.3 Å². The van der Waals surface area contributed by atoms with Crippen molar-refractivity contribution >= 4 is 39.2 Å². The Hall–Kier alpha value is -3.85. The van der Waals surface area contributed by atoms with Gasteiger partial charge in [0.05, 0.1) is 16.0 Å². The third-order valence-electron chi connectivity index (χ3n) is 4.70. The highest BCUT2D eigenvalue weighted by molar-refractivity contribution is 7.20. The van der Waals surface area contributed by atoms with Crippen LogP contribution in [0.1, 0.15) is 26.6 Å². The Bertz CT molecular complexity index is 1290. The molecule has 1 N–H and O–H groups in total. The molecular weight excluding hydrogens is 402 g/mol. The number of nitro groups is 1. The Morgan fingerprint density at radius 3 is 2.70 bits per heavy atom. The van der Waals surface area contributed by atoms with Crippen LogP contribution in [0.25, 0.3) is 15.8 Å². The van der Waals surface area contributed by atoms with Crippen LogP contribution >= 0.6 is 11.3 Å². The molecule has 150 valence electrons. The van der Waals surface area contributed by atoms with Crippen molar-refractivity contribution in [3.63, 3.8) is 0 Å². The van der Waals surface area contributed by atoms with Crippen LogP contribution in [-0.4, -0.2) is 26.6 Å². The van der Waals surface area contributed by atoms with Crippen LogP contribution < -0.4 is 5.43 Å². The first-order valence-electron chi connectivity index (χ1n) is 9.05. The Labute approximate surface area is 175 Å². The molecule has 0 radical (unpaired) electrons. The minimum absolute atomic E-state index is 0.00478. The van der Waals surface area contributed by atoms with Gasteiger partial charge in [0.25, 0.3) is 11.6 Å². The monoisotopic (exact) mass is 419 g/mol. The number of hydrazone groups is 1. The van der Waals surface area contributed by atoms with Crippen LogP contribution in [0.5, 0.6) is 0 Å². The first kappa shape index (κ1) is 19.5. The van der Waals surface area contributed by atoms with E-state index in [1.54, 1.807) is 30.7 Å². The first-order valence-corrected chi connectivity index (χ1v) is 9.86. The molecule has 8 nitrogen and oxygen atoms in total. The number of carbonyl (C=O) groups is 1. The van der Waals surface area contributed by atoms with Gasteiger partial charge in [0, 0.05) is 57.3 Å². The molecular formula is C21H17N5O3S. The summed E-state index contributed by atoms with van der Waals surface area (Å²) < 4.78 is 2.89. The van der Waals surface area contributed by atoms with Crippen molar-refractivity contribution in [1.29, 1.82) is 0 Å². The van der Waals surface area contributed by atoms with Crippen LogP contribution in [0.15, 0.2) is 60.0 Å². The van der Waals surface area contributed by atoms with Gasteiger partial charge in [-0.2, -0.15) is 5.10 Å². The van der Waals surface area contributed by atoms with E-state index in [1.165, 1.54) is 23.5 Å². The van der Waals surface area contributed by atoms with E-state index in [0.717, 1.165) is 27.3 Å². The van der Waals surface area contributed by atoms with E-state index in [9.17, 15) is 14.9 Å². The number of amides is 1. The lowest BCUT2D eigenvalue weighted by atomic mass is 10.2. The zero-order valence-electron chi connectivity index (χ0n) is 16.2. The predicted octanol–water partition coefficient (Wildman–Crippen LogP) is 4.38. The highest BCUT2D eigenvalue weighted by Gasteiger charge is 2.13. The van der Waals surface area contributed by atoms with Gasteiger partial charge < -0.3 is 4.57 Å². The van der Waals surface area contributed by atoms with Gasteiger partial charge in [-0.3, -0.25) is 19.9 Å². The van der Waals surface area contributed by atoms with E-state index < -0.39 is 4.92 Å². The summed E-state index contributed by atoms with van der Waals surface area (Å²) in [5.74, 6) is -0.363. The number of non-ortho nitro benzene ring substituents is 1. The molecule has 4 rings (SSSR count). The number of nitro benzene ring substituents is 1. The van der Waals surface area contributed by atoms with Gasteiger partial charge in [-0.25, -0.2) is 5.43 Å². The molecule has 0 unspecified atom stereocenters. The van der Waals surface area contributed by atoms with Crippen molar-refractivity contribution < 1.29 is 9.72 Å². The number of pyridine rings is 1. The second kappa shape index (κ2) is 7.88. The number of aryl methyl sites for hydroxylation is 1. The fourth-order valence-corrected chi connectivity index (χ4v) is 4.21. The van der Waals surface area contributed by atoms with E-state index in [4.69, 9.17) is 0 Å². The van der Waals surface area contributed by atoms with Crippen LogP contribution in [0.3, 0.4) is 0 Å². The van der Waals surface area contributed by atoms with Crippen LogP contribution in [0.2, 0.25) is 0 Å². The van der Waals surface area contributed by atoms with Crippen molar-refractivity contribution in [1.82, 2.24) is 15.0 Å². The molecule has 0 spiro atoms. The van der Waals surface area contributed by atoms with Gasteiger partial charge in [0.15, 0.2) is 0 Å². The minimum Gasteiger partial charge on any atom is -0.318 e. The first-order chi connectivity index (χ1) is 14.4. The number of benzene rings is 1. The van der Waals surface area contributed by atoms with E-state index in [0.29, 0.717) is 10.3 Å². The number of nitrogens with one attached hydrogen (secondary N) is 1. The average molecular weight is 419 g/mol. The fraction of sp³-hybridized carbons (Fsp3) is 0.0952. The van der Waals surface area contributed by atoms with Crippen molar-refractivity contribution in [2.75, 3.05) is 0 Å². The summed E-state index contributed by atoms with van der Waals surface area (Å²) >= 11 is 1.26. The topological polar surface area (TPSA) is 102 Å². The van der Waals surface area contributed by atoms with Gasteiger partial charge >= 0.3 is 0 Å². The van der Waals surface area contributed by atoms with Gasteiger partial charge in [-0.1, -0.05) is 0 Å². The second-order valence-corrected chi connectivity index (χ2v) is 7.74. The highest BCUT2D eigenvalue weighted by Crippen LogP contribution is 2.29. The average Bonchev–Trinajstić information content (AvgIpc) is 3.28. The predicted molar refractivity (Wildman–Crippen MR) is 117 cm³/mol. The summed E-state index contributed by atoms with van der Waals surface area (Å²) in [7, 11) is 0. The van der Waals surface area contributed by atoms with Crippen molar-refractivity contribution in [3.8, 4) is 5.69 Å². The lowest BCUT2D eigenvalue weighted by molar-refractivity contribution is -0.384. The number of thiophene rings is 1. The molecule has 0 aliphatic heterocycles. The minimum atomic E-state index is -0.455. The zero-order valence-corrected chi connectivity index (χ0v) is 17.0. The molecule has 0 atom stereocenters. The molecule has 0 aliphatic carbocycles. The number of rotatable bonds is 5. The van der Waals surface area contributed by atoms with E-state index in [-0.39, 0.29) is 11.6 Å². The van der Waals surface area contributed by atoms with Crippen molar-refractivity contribution in [2.45, 2.75) is 13.8 Å². The van der Waals surface area contributed by atoms with E-state index in [1.807, 2.05) is 32.0 Å². The maximum absolute atomic E-state index is 12.4. The molecule has 0 saturated carbocycles. The van der Waals surface area contributed by atoms with Gasteiger partial charge in [0.2, 0.25) is 0 Å². The third-order valence-corrected chi connectivity index (χ3v) is 5.81. The van der Waals surface area contributed by atoms with Crippen molar-refractivity contribution in [3.05, 3.63) is 86.8 Å². The molecule has 1 aromatic carbocycles. The Kier molecular flexibility index (Phi) is 5.11. The third kappa shape index (κ3) is 3.70. The molecule has 9 heteroatoms. The van der Waals surface area contributed by atoms with Crippen LogP contribution in [0, 0.1) is 24.0 Å². The number of nitrogens with zero attached hydrogens (tertiary/aromatic N) is 4. The summed E-state index contributed by atoms with van der Waals surface area (Å²) in [5.41, 5.74) is 6.44. The SMILES string of the molecule is Cc1cc(C=NNC(=O)c2cc3cc([N+](=O)[O-])ccc3s2)c(C)n1-c1ccncc1. The number of aromatic nitrogens is 2. The van der Waals surface area contributed by atoms with Gasteiger partial charge in [-0.05, 0) is 44.2 Å². The fourth-order valence-electron chi connectivity index (χ4n) is 3.28. The molecule has 0 saturated heterocycles. The summed E-state index contributed by atoms with van der Waals surface area (Å²) in [5, 5.41) is 15.7. The molecule has 1 amide bonds. The number of hydrogen-bond acceptors (Lipinski definition) is 6. The molecule has 3 aromatic heterocycles. The standard InChI is InChI=1S/C21H17N5O3S/c1-13-9-16(14(2)25(13)17-5-7-22-8-6-17)12-23-24-21(27)20-11-15-10-18(26(28)29)3-4-19(15)30-20/h3-12H,1-2H3,(H,24,27). The van der Waals surface area contributed by atoms with E-state index in [2.05, 4.69) is 20.1 Å². The normalized spacial score (nSPS) is 11.3. The quantitative estimate of drug-likeness (QED) is 0.295. The Morgan fingerprint density at radius 2 is 1.97 bits per heavy atom. The second-order valence-electron chi connectivity index (χ2n) is 6.66. The Balaban J connectivity index is 1.52. The van der Waals surface area contributed by atoms with Crippen molar-refractivity contribution in [2.24, 2.45) is 5.10 Å². The maximum Gasteiger partial charge on any atom is 0.281 e. The number of hydrogen-bond donors (Lipinski definition) is 1. The molecule has 4 aromatic rings. The van der Waals surface area contributed by atoms with Crippen LogP contribution in [-0.2, 0) is 0 Å². The molecule has 0 aliphatic rings. The summed E-state index contributed by atoms with van der Waals surface area (Å²) in [6.45, 7) is 3.98. The molecule has 3 heterocycles. The summed E-state index contributed by atoms with van der Waals surface area (Å²) in [4.78, 5) is 27.4. The lowest BCUT2D eigenvalue weighted by Gasteiger charge is -2.08. The smallest absolute Gasteiger partial charge is 0.281 e. The molecule has 30 heavy (non-hydrogen) atoms. The maximum atomic E-state index is 12.4. The zero-order chi connectivity index (χ0) is 21.3. The number of fused-ring (bicyclic) bond motifs is 1. The summed E-state index contributed by atoms with van der Waals surface area (Å²) in [6.07, 6.45) is 5.08.